The number of benzene rings is 1. The van der Waals surface area contributed by atoms with E-state index in [1.165, 1.54) is 12.1 Å². The Morgan fingerprint density at radius 3 is 2.80 bits per heavy atom. The number of nitrogens with two attached hydrogens (primary N) is 1. The van der Waals surface area contributed by atoms with Crippen molar-refractivity contribution in [1.29, 1.82) is 5.41 Å². The molecule has 0 bridgehead atoms. The molecule has 1 aliphatic heterocycles. The number of allylic oxidation sites excluding steroid dienone is 2. The van der Waals surface area contributed by atoms with Gasteiger partial charge in [-0.3, -0.25) is 10.1 Å². The number of hydrogen-bond acceptors (Lipinski definition) is 5. The molecule has 0 aliphatic carbocycles. The number of nitrogens with one attached hydrogen (secondary N) is 2. The standard InChI is InChI=1S/C20H22F2IN5OS/c1-11-10-26-28-2-3-29-20(30)16(18(11)28)8-17(23)19(25)27-15(9-24)6-12-4-13(21)7-14(22)5-12/h4-5,7-8,10,15,30H,2-3,6,9,24H2,1H3,(H2,25,27)/b17-8-. The molecule has 0 radical (unpaired) electrons. The van der Waals surface area contributed by atoms with Crippen LogP contribution in [0, 0.1) is 24.0 Å². The number of fused-ring (bicyclic) bond motifs is 1. The topological polar surface area (TPSA) is 89.0 Å². The van der Waals surface area contributed by atoms with Crippen LogP contribution >= 0.6 is 35.2 Å². The molecule has 3 rings (SSSR count). The zero-order valence-electron chi connectivity index (χ0n) is 16.3. The van der Waals surface area contributed by atoms with E-state index in [-0.39, 0.29) is 24.8 Å². The number of ether oxygens (including phenoxy) is 1. The van der Waals surface area contributed by atoms with Gasteiger partial charge in [-0.1, -0.05) is 0 Å². The molecule has 1 unspecified atom stereocenters. The molecule has 1 aromatic heterocycles. The molecule has 10 heteroatoms. The maximum Gasteiger partial charge on any atom is 0.159 e. The van der Waals surface area contributed by atoms with Crippen LogP contribution in [0.2, 0.25) is 0 Å². The molecule has 0 amide bonds. The number of thiol groups is 1. The Labute approximate surface area is 192 Å². The van der Waals surface area contributed by atoms with E-state index >= 15 is 0 Å². The lowest BCUT2D eigenvalue weighted by atomic mass is 10.1. The molecule has 2 aromatic rings. The van der Waals surface area contributed by atoms with E-state index in [1.807, 2.05) is 11.6 Å². The minimum absolute atomic E-state index is 0.143. The van der Waals surface area contributed by atoms with Crippen LogP contribution in [0.5, 0.6) is 0 Å². The fraction of sp³-hybridized carbons (Fsp3) is 0.300. The van der Waals surface area contributed by atoms with Crippen molar-refractivity contribution < 1.29 is 13.5 Å². The van der Waals surface area contributed by atoms with E-state index in [0.29, 0.717) is 27.4 Å². The third kappa shape index (κ3) is 5.41. The first-order chi connectivity index (χ1) is 14.3. The van der Waals surface area contributed by atoms with Crippen LogP contribution in [0.1, 0.15) is 16.8 Å². The molecule has 4 N–H and O–H groups in total. The third-order valence-corrected chi connectivity index (χ3v) is 5.82. The maximum absolute atomic E-state index is 13.5. The summed E-state index contributed by atoms with van der Waals surface area (Å²) < 4.78 is 35.0. The number of halogens is 3. The van der Waals surface area contributed by atoms with Crippen LogP contribution in [0.4, 0.5) is 8.78 Å². The van der Waals surface area contributed by atoms with Gasteiger partial charge in [0.15, 0.2) is 5.09 Å². The summed E-state index contributed by atoms with van der Waals surface area (Å²) in [5.41, 5.74) is 8.90. The highest BCUT2D eigenvalue weighted by Gasteiger charge is 2.20. The SMILES string of the molecule is Cc1cnn2c1C(/C=C(\I)C(=N)NC(CN)Cc1cc(F)cc(F)c1)=C(S)OCC2. The Balaban J connectivity index is 1.78. The lowest BCUT2D eigenvalue weighted by Gasteiger charge is -2.19. The van der Waals surface area contributed by atoms with Crippen molar-refractivity contribution in [1.82, 2.24) is 15.1 Å². The molecule has 0 fully saturated rings. The highest BCUT2D eigenvalue weighted by molar-refractivity contribution is 14.1. The summed E-state index contributed by atoms with van der Waals surface area (Å²) in [6.07, 6.45) is 3.88. The average molecular weight is 545 g/mol. The fourth-order valence-corrected chi connectivity index (χ4v) is 3.95. The summed E-state index contributed by atoms with van der Waals surface area (Å²) in [6.45, 7) is 3.21. The van der Waals surface area contributed by atoms with Gasteiger partial charge in [0, 0.05) is 24.2 Å². The smallest absolute Gasteiger partial charge is 0.159 e. The van der Waals surface area contributed by atoms with Gasteiger partial charge in [-0.2, -0.15) is 5.10 Å². The molecule has 1 atom stereocenters. The van der Waals surface area contributed by atoms with Crippen LogP contribution in [0.15, 0.2) is 39.1 Å². The maximum atomic E-state index is 13.5. The van der Waals surface area contributed by atoms with Crippen LogP contribution in [-0.2, 0) is 17.7 Å². The van der Waals surface area contributed by atoms with E-state index in [2.05, 4.69) is 45.6 Å². The second-order valence-corrected chi connectivity index (χ2v) is 8.46. The molecular weight excluding hydrogens is 523 g/mol. The van der Waals surface area contributed by atoms with Crippen molar-refractivity contribution in [2.75, 3.05) is 13.2 Å². The Morgan fingerprint density at radius 1 is 1.43 bits per heavy atom. The van der Waals surface area contributed by atoms with Crippen molar-refractivity contribution in [2.24, 2.45) is 5.73 Å². The van der Waals surface area contributed by atoms with E-state index in [9.17, 15) is 8.78 Å². The molecule has 1 aromatic carbocycles. The van der Waals surface area contributed by atoms with Gasteiger partial charge < -0.3 is 15.8 Å². The second kappa shape index (κ2) is 9.92. The number of aryl methyl sites for hydroxylation is 1. The average Bonchev–Trinajstić information content (AvgIpc) is 2.96. The van der Waals surface area contributed by atoms with Gasteiger partial charge in [-0.05, 0) is 65.3 Å². The predicted molar refractivity (Wildman–Crippen MR) is 125 cm³/mol. The van der Waals surface area contributed by atoms with Gasteiger partial charge in [0.2, 0.25) is 0 Å². The fourth-order valence-electron chi connectivity index (χ4n) is 3.22. The number of hydrogen-bond donors (Lipinski definition) is 4. The van der Waals surface area contributed by atoms with E-state index in [1.54, 1.807) is 12.3 Å². The molecule has 0 spiro atoms. The van der Waals surface area contributed by atoms with Crippen LogP contribution in [-0.4, -0.2) is 34.8 Å². The van der Waals surface area contributed by atoms with Crippen molar-refractivity contribution >= 4 is 46.6 Å². The summed E-state index contributed by atoms with van der Waals surface area (Å²) in [5, 5.41) is 16.3. The van der Waals surface area contributed by atoms with Gasteiger partial charge in [-0.25, -0.2) is 8.78 Å². The summed E-state index contributed by atoms with van der Waals surface area (Å²) in [4.78, 5) is 0. The van der Waals surface area contributed by atoms with Gasteiger partial charge in [0.05, 0.1) is 22.0 Å². The van der Waals surface area contributed by atoms with Crippen LogP contribution in [0.25, 0.3) is 5.57 Å². The zero-order chi connectivity index (χ0) is 21.8. The lowest BCUT2D eigenvalue weighted by Crippen LogP contribution is -2.41. The summed E-state index contributed by atoms with van der Waals surface area (Å²) in [6, 6.07) is 3.00. The largest absolute Gasteiger partial charge is 0.485 e. The molecule has 160 valence electrons. The first kappa shape index (κ1) is 22.8. The molecule has 30 heavy (non-hydrogen) atoms. The second-order valence-electron chi connectivity index (χ2n) is 6.89. The number of aromatic nitrogens is 2. The van der Waals surface area contributed by atoms with Gasteiger partial charge >= 0.3 is 0 Å². The van der Waals surface area contributed by atoms with Gasteiger partial charge in [0.1, 0.15) is 24.1 Å². The first-order valence-corrected chi connectivity index (χ1v) is 10.8. The number of amidine groups is 1. The quantitative estimate of drug-likeness (QED) is 0.194. The normalized spacial score (nSPS) is 15.3. The van der Waals surface area contributed by atoms with Crippen molar-refractivity contribution in [2.45, 2.75) is 25.9 Å². The third-order valence-electron chi connectivity index (χ3n) is 4.60. The molecule has 6 nitrogen and oxygen atoms in total. The summed E-state index contributed by atoms with van der Waals surface area (Å²) in [5.74, 6) is -1.14. The first-order valence-electron chi connectivity index (χ1n) is 9.25. The van der Waals surface area contributed by atoms with E-state index in [0.717, 1.165) is 22.9 Å². The van der Waals surface area contributed by atoms with E-state index in [4.69, 9.17) is 15.9 Å². The van der Waals surface area contributed by atoms with Gasteiger partial charge in [-0.15, -0.1) is 12.6 Å². The highest BCUT2D eigenvalue weighted by Crippen LogP contribution is 2.30. The Hall–Kier alpha value is -1.92. The Bertz CT molecular complexity index is 1000. The molecular formula is C20H22F2IN5OS. The zero-order valence-corrected chi connectivity index (χ0v) is 19.3. The number of rotatable bonds is 6. The van der Waals surface area contributed by atoms with Crippen LogP contribution < -0.4 is 11.1 Å². The molecule has 1 aliphatic rings. The minimum Gasteiger partial charge on any atom is -0.485 e. The van der Waals surface area contributed by atoms with E-state index < -0.39 is 11.6 Å². The Morgan fingerprint density at radius 2 is 2.13 bits per heavy atom. The highest BCUT2D eigenvalue weighted by atomic mass is 127. The van der Waals surface area contributed by atoms with Crippen molar-refractivity contribution in [3.05, 3.63) is 67.6 Å². The monoisotopic (exact) mass is 545 g/mol. The molecule has 0 saturated heterocycles. The van der Waals surface area contributed by atoms with Crippen molar-refractivity contribution in [3.63, 3.8) is 0 Å². The molecule has 0 saturated carbocycles. The van der Waals surface area contributed by atoms with Crippen molar-refractivity contribution in [3.8, 4) is 0 Å². The summed E-state index contributed by atoms with van der Waals surface area (Å²) >= 11 is 6.53. The number of nitrogens with zero attached hydrogens (tertiary/aromatic N) is 2. The summed E-state index contributed by atoms with van der Waals surface area (Å²) in [7, 11) is 0. The molecule has 2 heterocycles. The van der Waals surface area contributed by atoms with Crippen LogP contribution in [0.3, 0.4) is 0 Å². The van der Waals surface area contributed by atoms with Gasteiger partial charge in [0.25, 0.3) is 0 Å². The Kier molecular flexibility index (Phi) is 7.53. The minimum atomic E-state index is -0.640. The lowest BCUT2D eigenvalue weighted by molar-refractivity contribution is 0.228. The predicted octanol–water partition coefficient (Wildman–Crippen LogP) is 3.55.